The Morgan fingerprint density at radius 3 is 1.67 bits per heavy atom. The summed E-state index contributed by atoms with van der Waals surface area (Å²) in [5, 5.41) is 0. The molecule has 5 nitrogen and oxygen atoms in total. The van der Waals surface area contributed by atoms with Crippen molar-refractivity contribution in [3.63, 3.8) is 0 Å². The molecule has 5 heteroatoms. The maximum absolute atomic E-state index is 13.6. The average molecular weight is 676 g/mol. The predicted octanol–water partition coefficient (Wildman–Crippen LogP) is 12.2. The van der Waals surface area contributed by atoms with Gasteiger partial charge in [-0.25, -0.2) is 0 Å². The van der Waals surface area contributed by atoms with Crippen LogP contribution in [0.1, 0.15) is 208 Å². The standard InChI is InChI=1S/C43H81NO4/c1-7-10-13-16-19-22-25-38(26-23-20-17-14-11-8-2)43(4,5)40(27-24-21-18-15-12-9-3)48-41(45)35-36-28-29-39(34-36)47-42(46)37-30-32-44(6)33-31-37/h36-40H,7-35H2,1-6H3. The summed E-state index contributed by atoms with van der Waals surface area (Å²) in [4.78, 5) is 28.8. The van der Waals surface area contributed by atoms with Gasteiger partial charge in [0.2, 0.25) is 0 Å². The van der Waals surface area contributed by atoms with Crippen LogP contribution in [0.3, 0.4) is 0 Å². The second kappa shape index (κ2) is 25.8. The van der Waals surface area contributed by atoms with Gasteiger partial charge in [-0.2, -0.15) is 0 Å². The minimum absolute atomic E-state index is 0.0150. The molecule has 3 atom stereocenters. The fourth-order valence-electron chi connectivity index (χ4n) is 8.46. The number of ether oxygens (including phenoxy) is 2. The van der Waals surface area contributed by atoms with Gasteiger partial charge in [0.1, 0.15) is 12.2 Å². The number of hydrogen-bond donors (Lipinski definition) is 0. The van der Waals surface area contributed by atoms with Crippen molar-refractivity contribution in [3.05, 3.63) is 0 Å². The molecule has 0 aromatic heterocycles. The zero-order chi connectivity index (χ0) is 35.0. The van der Waals surface area contributed by atoms with Crippen LogP contribution in [0.25, 0.3) is 0 Å². The van der Waals surface area contributed by atoms with E-state index in [1.807, 2.05) is 0 Å². The fourth-order valence-corrected chi connectivity index (χ4v) is 8.46. The molecular weight excluding hydrogens is 594 g/mol. The van der Waals surface area contributed by atoms with Crippen molar-refractivity contribution >= 4 is 11.9 Å². The van der Waals surface area contributed by atoms with Gasteiger partial charge < -0.3 is 14.4 Å². The molecule has 0 aromatic rings. The van der Waals surface area contributed by atoms with Crippen LogP contribution in [0.15, 0.2) is 0 Å². The number of likely N-dealkylation sites (tertiary alicyclic amines) is 1. The lowest BCUT2D eigenvalue weighted by Crippen LogP contribution is -2.40. The molecule has 0 amide bonds. The molecule has 48 heavy (non-hydrogen) atoms. The number of piperidine rings is 1. The maximum Gasteiger partial charge on any atom is 0.309 e. The van der Waals surface area contributed by atoms with E-state index in [2.05, 4.69) is 46.6 Å². The fraction of sp³-hybridized carbons (Fsp3) is 0.953. The van der Waals surface area contributed by atoms with Gasteiger partial charge in [0.05, 0.1) is 5.92 Å². The molecule has 0 aromatic carbocycles. The smallest absolute Gasteiger partial charge is 0.309 e. The van der Waals surface area contributed by atoms with Crippen molar-refractivity contribution in [2.75, 3.05) is 20.1 Å². The molecule has 0 spiro atoms. The normalized spacial score (nSPS) is 20.0. The third-order valence-corrected chi connectivity index (χ3v) is 12.1. The number of rotatable bonds is 28. The summed E-state index contributed by atoms with van der Waals surface area (Å²) >= 11 is 0. The van der Waals surface area contributed by atoms with E-state index in [1.165, 1.54) is 122 Å². The van der Waals surface area contributed by atoms with Gasteiger partial charge in [-0.15, -0.1) is 0 Å². The first-order valence-electron chi connectivity index (χ1n) is 21.3. The molecule has 0 radical (unpaired) electrons. The van der Waals surface area contributed by atoms with E-state index in [0.29, 0.717) is 12.3 Å². The molecule has 282 valence electrons. The molecule has 2 rings (SSSR count). The first-order chi connectivity index (χ1) is 23.2. The van der Waals surface area contributed by atoms with Gasteiger partial charge in [-0.3, -0.25) is 9.59 Å². The molecule has 0 bridgehead atoms. The second-order valence-electron chi connectivity index (χ2n) is 16.7. The Morgan fingerprint density at radius 1 is 0.667 bits per heavy atom. The molecule has 2 aliphatic rings. The van der Waals surface area contributed by atoms with Gasteiger partial charge in [-0.05, 0) is 89.8 Å². The van der Waals surface area contributed by atoms with Gasteiger partial charge >= 0.3 is 11.9 Å². The van der Waals surface area contributed by atoms with Crippen LogP contribution in [0.5, 0.6) is 0 Å². The van der Waals surface area contributed by atoms with Crippen LogP contribution < -0.4 is 0 Å². The van der Waals surface area contributed by atoms with Crippen molar-refractivity contribution in [3.8, 4) is 0 Å². The SMILES string of the molecule is CCCCCCCCC(CCCCCCCC)C(C)(C)C(CCCCCCCC)OC(=O)CC1CCC(OC(=O)C2CCN(C)CC2)C1. The number of nitrogens with zero attached hydrogens (tertiary/aromatic N) is 1. The van der Waals surface area contributed by atoms with E-state index < -0.39 is 0 Å². The van der Waals surface area contributed by atoms with Gasteiger partial charge in [0.15, 0.2) is 0 Å². The molecule has 1 aliphatic carbocycles. The highest BCUT2D eigenvalue weighted by Gasteiger charge is 2.40. The first kappa shape index (κ1) is 43.1. The minimum atomic E-state index is -0.0376. The Balaban J connectivity index is 2.00. The van der Waals surface area contributed by atoms with E-state index in [9.17, 15) is 9.59 Å². The summed E-state index contributed by atoms with van der Waals surface area (Å²) < 4.78 is 12.6. The summed E-state index contributed by atoms with van der Waals surface area (Å²) in [7, 11) is 2.12. The van der Waals surface area contributed by atoms with Crippen LogP contribution in [0.4, 0.5) is 0 Å². The zero-order valence-electron chi connectivity index (χ0n) is 33.0. The van der Waals surface area contributed by atoms with Crippen molar-refractivity contribution < 1.29 is 19.1 Å². The quantitative estimate of drug-likeness (QED) is 0.0610. The Labute approximate surface area is 298 Å². The Bertz CT molecular complexity index is 804. The van der Waals surface area contributed by atoms with Gasteiger partial charge in [0, 0.05) is 11.8 Å². The van der Waals surface area contributed by atoms with Crippen LogP contribution >= 0.6 is 0 Å². The highest BCUT2D eigenvalue weighted by Crippen LogP contribution is 2.42. The van der Waals surface area contributed by atoms with E-state index >= 15 is 0 Å². The lowest BCUT2D eigenvalue weighted by atomic mass is 9.68. The zero-order valence-corrected chi connectivity index (χ0v) is 33.0. The Hall–Kier alpha value is -1.10. The minimum Gasteiger partial charge on any atom is -0.462 e. The summed E-state index contributed by atoms with van der Waals surface area (Å²) in [6.07, 6.45) is 31.8. The van der Waals surface area contributed by atoms with E-state index in [0.717, 1.165) is 58.0 Å². The van der Waals surface area contributed by atoms with Crippen molar-refractivity contribution in [1.29, 1.82) is 0 Å². The number of carbonyl (C=O) groups is 2. The van der Waals surface area contributed by atoms with Gasteiger partial charge in [-0.1, -0.05) is 144 Å². The van der Waals surface area contributed by atoms with Crippen molar-refractivity contribution in [2.45, 2.75) is 220 Å². The van der Waals surface area contributed by atoms with E-state index in [-0.39, 0.29) is 41.4 Å². The number of carbonyl (C=O) groups excluding carboxylic acids is 2. The number of hydrogen-bond acceptors (Lipinski definition) is 5. The summed E-state index contributed by atoms with van der Waals surface area (Å²) in [6, 6.07) is 0. The predicted molar refractivity (Wildman–Crippen MR) is 203 cm³/mol. The van der Waals surface area contributed by atoms with Crippen LogP contribution in [-0.2, 0) is 19.1 Å². The topological polar surface area (TPSA) is 55.8 Å². The summed E-state index contributed by atoms with van der Waals surface area (Å²) in [6.45, 7) is 13.6. The van der Waals surface area contributed by atoms with Crippen LogP contribution in [-0.4, -0.2) is 49.2 Å². The maximum atomic E-state index is 13.6. The lowest BCUT2D eigenvalue weighted by Gasteiger charge is -2.41. The third-order valence-electron chi connectivity index (χ3n) is 12.1. The largest absolute Gasteiger partial charge is 0.462 e. The Kier molecular flexibility index (Phi) is 23.1. The molecule has 1 aliphatic heterocycles. The summed E-state index contributed by atoms with van der Waals surface area (Å²) in [5.41, 5.74) is -0.0340. The van der Waals surface area contributed by atoms with E-state index in [1.54, 1.807) is 0 Å². The second-order valence-corrected chi connectivity index (χ2v) is 16.7. The molecule has 0 N–H and O–H groups in total. The molecule has 1 saturated carbocycles. The van der Waals surface area contributed by atoms with Crippen LogP contribution in [0, 0.1) is 23.2 Å². The van der Waals surface area contributed by atoms with Crippen LogP contribution in [0.2, 0.25) is 0 Å². The number of unbranched alkanes of at least 4 members (excludes halogenated alkanes) is 15. The lowest BCUT2D eigenvalue weighted by molar-refractivity contribution is -0.160. The Morgan fingerprint density at radius 2 is 1.15 bits per heavy atom. The highest BCUT2D eigenvalue weighted by molar-refractivity contribution is 5.73. The number of esters is 2. The van der Waals surface area contributed by atoms with Crippen molar-refractivity contribution in [1.82, 2.24) is 4.90 Å². The molecule has 1 saturated heterocycles. The molecule has 2 fully saturated rings. The van der Waals surface area contributed by atoms with E-state index in [4.69, 9.17) is 9.47 Å². The third kappa shape index (κ3) is 17.7. The highest BCUT2D eigenvalue weighted by atomic mass is 16.5. The molecule has 1 heterocycles. The monoisotopic (exact) mass is 676 g/mol. The first-order valence-corrected chi connectivity index (χ1v) is 21.3. The van der Waals surface area contributed by atoms with Crippen molar-refractivity contribution in [2.24, 2.45) is 23.2 Å². The summed E-state index contributed by atoms with van der Waals surface area (Å²) in [5.74, 6) is 0.842. The average Bonchev–Trinajstić information content (AvgIpc) is 3.50. The van der Waals surface area contributed by atoms with Gasteiger partial charge in [0.25, 0.3) is 0 Å². The molecule has 3 unspecified atom stereocenters. The molecular formula is C43H81NO4.